The lowest BCUT2D eigenvalue weighted by Crippen LogP contribution is -2.28. The SMILES string of the molecule is CC.Cc1ccc(-c2ccc3c(c2)C2(C4=C(c5ccccc5C4)c4ccc(C)cc42)c2ccccc2-3)cc1.Cc1cccc2ccccc12.Cc1ccccc1.Cc1ccccc1-c1ccccc1C. The molecular weight excluding hydrogens is 841 g/mol. The minimum Gasteiger partial charge on any atom is -0.0683 e. The zero-order valence-electron chi connectivity index (χ0n) is 42.1. The van der Waals surface area contributed by atoms with Crippen molar-refractivity contribution in [1.29, 1.82) is 0 Å². The lowest BCUT2D eigenvalue weighted by atomic mass is 9.68. The molecule has 10 aromatic rings. The molecule has 0 nitrogen and oxygen atoms in total. The second kappa shape index (κ2) is 20.8. The molecule has 0 amide bonds. The molecule has 10 aromatic carbocycles. The summed E-state index contributed by atoms with van der Waals surface area (Å²) in [5.74, 6) is 0. The summed E-state index contributed by atoms with van der Waals surface area (Å²) < 4.78 is 0. The highest BCUT2D eigenvalue weighted by Gasteiger charge is 2.54. The van der Waals surface area contributed by atoms with Crippen LogP contribution >= 0.6 is 0 Å². The van der Waals surface area contributed by atoms with Crippen molar-refractivity contribution < 1.29 is 0 Å². The quantitative estimate of drug-likeness (QED) is 0.162. The maximum atomic E-state index is 2.49. The van der Waals surface area contributed by atoms with Crippen LogP contribution in [0.25, 0.3) is 49.7 Å². The van der Waals surface area contributed by atoms with Gasteiger partial charge in [-0.3, -0.25) is 0 Å². The van der Waals surface area contributed by atoms with Crippen LogP contribution in [0.3, 0.4) is 0 Å². The number of allylic oxidation sites excluding steroid dienone is 1. The Kier molecular flexibility index (Phi) is 14.1. The van der Waals surface area contributed by atoms with Crippen LogP contribution in [-0.2, 0) is 11.8 Å². The van der Waals surface area contributed by atoms with E-state index in [1.807, 2.05) is 32.0 Å². The van der Waals surface area contributed by atoms with Crippen LogP contribution < -0.4 is 0 Å². The van der Waals surface area contributed by atoms with Crippen LogP contribution in [0.5, 0.6) is 0 Å². The molecule has 0 heterocycles. The van der Waals surface area contributed by atoms with Gasteiger partial charge >= 0.3 is 0 Å². The van der Waals surface area contributed by atoms with Crippen LogP contribution in [0.4, 0.5) is 0 Å². The van der Waals surface area contributed by atoms with Crippen LogP contribution in [0.2, 0.25) is 0 Å². The minimum atomic E-state index is -0.248. The maximum absolute atomic E-state index is 2.49. The van der Waals surface area contributed by atoms with E-state index in [4.69, 9.17) is 0 Å². The Hall–Kier alpha value is -7.80. The van der Waals surface area contributed by atoms with Crippen molar-refractivity contribution in [2.45, 2.75) is 67.2 Å². The Morgan fingerprint density at radius 1 is 0.314 bits per heavy atom. The monoisotopic (exact) mass is 905 g/mol. The second-order valence-electron chi connectivity index (χ2n) is 18.7. The van der Waals surface area contributed by atoms with Gasteiger partial charge in [0.15, 0.2) is 0 Å². The van der Waals surface area contributed by atoms with Gasteiger partial charge < -0.3 is 0 Å². The Bertz CT molecular complexity index is 3420. The molecule has 0 aliphatic heterocycles. The van der Waals surface area contributed by atoms with Crippen LogP contribution in [0.1, 0.15) is 80.6 Å². The van der Waals surface area contributed by atoms with Gasteiger partial charge in [-0.25, -0.2) is 0 Å². The summed E-state index contributed by atoms with van der Waals surface area (Å²) in [6, 6.07) is 83.5. The van der Waals surface area contributed by atoms with Gasteiger partial charge in [0.2, 0.25) is 0 Å². The molecule has 0 fully saturated rings. The fourth-order valence-electron chi connectivity index (χ4n) is 10.8. The van der Waals surface area contributed by atoms with E-state index >= 15 is 0 Å². The smallest absolute Gasteiger partial charge is 0.0683 e. The van der Waals surface area contributed by atoms with Gasteiger partial charge in [0.05, 0.1) is 5.41 Å². The van der Waals surface area contributed by atoms with E-state index in [1.165, 1.54) is 116 Å². The Morgan fingerprint density at radius 3 is 1.46 bits per heavy atom. The number of rotatable bonds is 2. The third kappa shape index (κ3) is 8.99. The molecule has 3 aliphatic carbocycles. The van der Waals surface area contributed by atoms with Crippen molar-refractivity contribution in [3.05, 3.63) is 303 Å². The number of hydrogen-bond acceptors (Lipinski definition) is 0. The number of aryl methyl sites for hydroxylation is 6. The molecule has 0 aromatic heterocycles. The topological polar surface area (TPSA) is 0 Å². The van der Waals surface area contributed by atoms with E-state index in [9.17, 15) is 0 Å². The Morgan fingerprint density at radius 2 is 0.800 bits per heavy atom. The molecule has 3 aliphatic rings. The predicted molar refractivity (Wildman–Crippen MR) is 302 cm³/mol. The van der Waals surface area contributed by atoms with Crippen LogP contribution in [0, 0.1) is 41.5 Å². The van der Waals surface area contributed by atoms with E-state index in [-0.39, 0.29) is 5.41 Å². The average molecular weight is 905 g/mol. The molecule has 0 radical (unpaired) electrons. The Balaban J connectivity index is 0.000000145. The van der Waals surface area contributed by atoms with E-state index in [1.54, 1.807) is 5.57 Å². The molecule has 0 bridgehead atoms. The summed E-state index contributed by atoms with van der Waals surface area (Å²) in [6.07, 6.45) is 1.00. The van der Waals surface area contributed by atoms with Crippen LogP contribution in [0.15, 0.2) is 236 Å². The average Bonchev–Trinajstić information content (AvgIpc) is 4.02. The highest BCUT2D eigenvalue weighted by Crippen LogP contribution is 2.65. The molecule has 344 valence electrons. The van der Waals surface area contributed by atoms with Crippen molar-refractivity contribution in [2.75, 3.05) is 0 Å². The van der Waals surface area contributed by atoms with Gasteiger partial charge in [0, 0.05) is 0 Å². The number of fused-ring (bicyclic) bond motifs is 12. The lowest BCUT2D eigenvalue weighted by molar-refractivity contribution is 0.744. The summed E-state index contributed by atoms with van der Waals surface area (Å²) in [4.78, 5) is 0. The van der Waals surface area contributed by atoms with Crippen molar-refractivity contribution in [1.82, 2.24) is 0 Å². The molecule has 70 heavy (non-hydrogen) atoms. The number of hydrogen-bond donors (Lipinski definition) is 0. The lowest BCUT2D eigenvalue weighted by Gasteiger charge is -2.33. The van der Waals surface area contributed by atoms with E-state index < -0.39 is 0 Å². The first-order valence-corrected chi connectivity index (χ1v) is 25.0. The summed E-state index contributed by atoms with van der Waals surface area (Å²) in [7, 11) is 0. The molecule has 1 unspecified atom stereocenters. The van der Waals surface area contributed by atoms with Gasteiger partial charge in [-0.15, -0.1) is 0 Å². The van der Waals surface area contributed by atoms with Crippen molar-refractivity contribution >= 4 is 16.3 Å². The third-order valence-electron chi connectivity index (χ3n) is 14.2. The maximum Gasteiger partial charge on any atom is 0.0692 e. The summed E-state index contributed by atoms with van der Waals surface area (Å²) in [6.45, 7) is 16.9. The summed E-state index contributed by atoms with van der Waals surface area (Å²) in [5.41, 5.74) is 27.3. The summed E-state index contributed by atoms with van der Waals surface area (Å²) >= 11 is 0. The zero-order valence-corrected chi connectivity index (χ0v) is 42.1. The molecular formula is C70H64. The first kappa shape index (κ1) is 47.3. The van der Waals surface area contributed by atoms with Crippen molar-refractivity contribution in [3.63, 3.8) is 0 Å². The van der Waals surface area contributed by atoms with Crippen LogP contribution in [-0.4, -0.2) is 0 Å². The minimum absolute atomic E-state index is 0.248. The molecule has 0 N–H and O–H groups in total. The molecule has 1 spiro atoms. The van der Waals surface area contributed by atoms with Gasteiger partial charge in [-0.2, -0.15) is 0 Å². The van der Waals surface area contributed by atoms with Crippen molar-refractivity contribution in [3.8, 4) is 33.4 Å². The first-order valence-electron chi connectivity index (χ1n) is 25.0. The summed E-state index contributed by atoms with van der Waals surface area (Å²) in [5, 5.41) is 2.68. The highest BCUT2D eigenvalue weighted by atomic mass is 14.6. The van der Waals surface area contributed by atoms with Crippen molar-refractivity contribution in [2.24, 2.45) is 0 Å². The zero-order chi connectivity index (χ0) is 48.8. The van der Waals surface area contributed by atoms with E-state index in [0.29, 0.717) is 0 Å². The second-order valence-corrected chi connectivity index (χ2v) is 18.7. The molecule has 0 saturated carbocycles. The molecule has 0 saturated heterocycles. The fourth-order valence-corrected chi connectivity index (χ4v) is 10.8. The van der Waals surface area contributed by atoms with Gasteiger partial charge in [0.1, 0.15) is 0 Å². The van der Waals surface area contributed by atoms with Gasteiger partial charge in [-0.1, -0.05) is 255 Å². The third-order valence-corrected chi connectivity index (χ3v) is 14.2. The fraction of sp³-hybridized carbons (Fsp3) is 0.143. The first-order chi connectivity index (χ1) is 34.2. The Labute approximate surface area is 417 Å². The predicted octanol–water partition coefficient (Wildman–Crippen LogP) is 18.8. The standard InChI is InChI=1S/C36H26.C14H14.C11H10.C7H8.C2H6/c1-22-11-14-24(15-12-22)25-16-18-29-28-9-5-6-10-31(28)36(33(29)20-25)32-19-23(2)13-17-30(32)35-27-8-4-3-7-26(27)21-34(35)36;1-11-7-3-5-9-13(11)14-10-6-4-8-12(14)2;1-9-5-4-7-10-6-2-3-8-11(9)10;1-7-5-3-2-4-6-7;1-2/h3-20H,21H2,1-2H3;3-10H,1-2H3;2-8H,1H3;2-6H,1H3;1-2H3. The van der Waals surface area contributed by atoms with E-state index in [2.05, 4.69) is 254 Å². The normalized spacial score (nSPS) is 13.9. The van der Waals surface area contributed by atoms with Gasteiger partial charge in [-0.05, 0) is 159 Å². The molecule has 0 heteroatoms. The highest BCUT2D eigenvalue weighted by molar-refractivity contribution is 6.01. The molecule has 1 atom stereocenters. The van der Waals surface area contributed by atoms with Gasteiger partial charge in [0.25, 0.3) is 0 Å². The largest absolute Gasteiger partial charge is 0.0692 e. The van der Waals surface area contributed by atoms with E-state index in [0.717, 1.165) is 6.42 Å². The molecule has 13 rings (SSSR count). The number of benzene rings is 10.